The molecule has 3 aromatic heterocycles. The van der Waals surface area contributed by atoms with Crippen molar-refractivity contribution in [3.05, 3.63) is 53.3 Å². The van der Waals surface area contributed by atoms with E-state index in [4.69, 9.17) is 4.74 Å². The van der Waals surface area contributed by atoms with Gasteiger partial charge in [0.05, 0.1) is 10.6 Å². The Morgan fingerprint density at radius 1 is 1.16 bits per heavy atom. The van der Waals surface area contributed by atoms with Crippen LogP contribution in [0, 0.1) is 12.8 Å². The SMILES string of the molecule is Cc1ccnc(Nc2cccc(-c3cnc(COC(=O)NCC4CCCCC4)s3)n2)c1. The first-order valence-electron chi connectivity index (χ1n) is 10.7. The molecule has 3 heterocycles. The first kappa shape index (κ1) is 21.2. The largest absolute Gasteiger partial charge is 0.442 e. The second-order valence-corrected chi connectivity index (χ2v) is 8.95. The molecule has 1 aliphatic carbocycles. The van der Waals surface area contributed by atoms with Crippen molar-refractivity contribution in [1.29, 1.82) is 0 Å². The van der Waals surface area contributed by atoms with E-state index in [1.165, 1.54) is 43.4 Å². The maximum absolute atomic E-state index is 12.0. The van der Waals surface area contributed by atoms with Crippen LogP contribution < -0.4 is 10.6 Å². The van der Waals surface area contributed by atoms with Crippen LogP contribution >= 0.6 is 11.3 Å². The van der Waals surface area contributed by atoms with Crippen molar-refractivity contribution >= 4 is 29.1 Å². The third kappa shape index (κ3) is 6.24. The van der Waals surface area contributed by atoms with Gasteiger partial charge in [-0.1, -0.05) is 25.3 Å². The number of alkyl carbamates (subject to hydrolysis) is 1. The molecule has 0 radical (unpaired) electrons. The Labute approximate surface area is 186 Å². The molecule has 8 heteroatoms. The fourth-order valence-corrected chi connectivity index (χ4v) is 4.47. The predicted molar refractivity (Wildman–Crippen MR) is 122 cm³/mol. The summed E-state index contributed by atoms with van der Waals surface area (Å²) in [7, 11) is 0. The fraction of sp³-hybridized carbons (Fsp3) is 0.391. The van der Waals surface area contributed by atoms with Crippen molar-refractivity contribution in [1.82, 2.24) is 20.3 Å². The number of hydrogen-bond acceptors (Lipinski definition) is 7. The lowest BCUT2D eigenvalue weighted by atomic mass is 9.89. The molecule has 0 spiro atoms. The number of hydrogen-bond donors (Lipinski definition) is 2. The smallest absolute Gasteiger partial charge is 0.407 e. The summed E-state index contributed by atoms with van der Waals surface area (Å²) in [4.78, 5) is 26.3. The Morgan fingerprint density at radius 2 is 2.03 bits per heavy atom. The zero-order chi connectivity index (χ0) is 21.5. The summed E-state index contributed by atoms with van der Waals surface area (Å²) in [6, 6.07) is 9.69. The van der Waals surface area contributed by atoms with Crippen LogP contribution in [0.25, 0.3) is 10.6 Å². The molecule has 1 amide bonds. The molecule has 0 aromatic carbocycles. The summed E-state index contributed by atoms with van der Waals surface area (Å²) in [6.07, 6.45) is 9.36. The maximum Gasteiger partial charge on any atom is 0.407 e. The van der Waals surface area contributed by atoms with Crippen molar-refractivity contribution in [2.75, 3.05) is 11.9 Å². The number of ether oxygens (including phenoxy) is 1. The van der Waals surface area contributed by atoms with E-state index in [2.05, 4.69) is 25.6 Å². The number of thiazole rings is 1. The Balaban J connectivity index is 1.30. The van der Waals surface area contributed by atoms with Crippen molar-refractivity contribution in [2.45, 2.75) is 45.6 Å². The summed E-state index contributed by atoms with van der Waals surface area (Å²) in [6.45, 7) is 2.88. The topological polar surface area (TPSA) is 89.0 Å². The van der Waals surface area contributed by atoms with Crippen LogP contribution in [0.5, 0.6) is 0 Å². The van der Waals surface area contributed by atoms with Crippen LogP contribution in [0.2, 0.25) is 0 Å². The van der Waals surface area contributed by atoms with Gasteiger partial charge in [0.15, 0.2) is 0 Å². The molecule has 31 heavy (non-hydrogen) atoms. The molecule has 1 aliphatic rings. The Morgan fingerprint density at radius 3 is 2.87 bits per heavy atom. The van der Waals surface area contributed by atoms with Crippen molar-refractivity contribution in [3.63, 3.8) is 0 Å². The third-order valence-electron chi connectivity index (χ3n) is 5.31. The molecule has 4 rings (SSSR count). The van der Waals surface area contributed by atoms with Gasteiger partial charge in [-0.15, -0.1) is 11.3 Å². The number of aryl methyl sites for hydroxylation is 1. The standard InChI is InChI=1S/C23H27N5O2S/c1-16-10-11-24-21(12-16)28-20-9-5-8-18(27-20)19-14-25-22(31-19)15-30-23(29)26-13-17-6-3-2-4-7-17/h5,8-12,14,17H,2-4,6-7,13,15H2,1H3,(H,26,29)(H,24,27,28). The van der Waals surface area contributed by atoms with Crippen LogP contribution in [0.3, 0.4) is 0 Å². The number of aromatic nitrogens is 3. The number of anilines is 2. The number of carbonyl (C=O) groups is 1. The average Bonchev–Trinajstić information content (AvgIpc) is 3.26. The van der Waals surface area contributed by atoms with Gasteiger partial charge in [-0.25, -0.2) is 19.7 Å². The predicted octanol–water partition coefficient (Wildman–Crippen LogP) is 5.46. The number of pyridine rings is 2. The first-order chi connectivity index (χ1) is 15.2. The van der Waals surface area contributed by atoms with E-state index in [1.807, 2.05) is 37.3 Å². The molecule has 0 saturated heterocycles. The number of amides is 1. The van der Waals surface area contributed by atoms with Crippen LogP contribution in [0.15, 0.2) is 42.7 Å². The molecule has 1 saturated carbocycles. The molecular formula is C23H27N5O2S. The van der Waals surface area contributed by atoms with E-state index in [0.717, 1.165) is 27.0 Å². The summed E-state index contributed by atoms with van der Waals surface area (Å²) < 4.78 is 5.34. The zero-order valence-corrected chi connectivity index (χ0v) is 18.5. The third-order valence-corrected chi connectivity index (χ3v) is 6.31. The molecule has 0 unspecified atom stereocenters. The van der Waals surface area contributed by atoms with Gasteiger partial charge in [-0.05, 0) is 55.5 Å². The van der Waals surface area contributed by atoms with Gasteiger partial charge in [-0.3, -0.25) is 0 Å². The van der Waals surface area contributed by atoms with Crippen LogP contribution in [-0.4, -0.2) is 27.6 Å². The van der Waals surface area contributed by atoms with Gasteiger partial charge < -0.3 is 15.4 Å². The van der Waals surface area contributed by atoms with E-state index in [9.17, 15) is 4.79 Å². The number of rotatable bonds is 7. The van der Waals surface area contributed by atoms with Crippen molar-refractivity contribution in [3.8, 4) is 10.6 Å². The summed E-state index contributed by atoms with van der Waals surface area (Å²) >= 11 is 1.47. The monoisotopic (exact) mass is 437 g/mol. The summed E-state index contributed by atoms with van der Waals surface area (Å²) in [5.74, 6) is 2.04. The second-order valence-electron chi connectivity index (χ2n) is 7.83. The van der Waals surface area contributed by atoms with Crippen molar-refractivity contribution < 1.29 is 9.53 Å². The van der Waals surface area contributed by atoms with Crippen molar-refractivity contribution in [2.24, 2.45) is 5.92 Å². The lowest BCUT2D eigenvalue weighted by molar-refractivity contribution is 0.136. The molecule has 1 fully saturated rings. The van der Waals surface area contributed by atoms with E-state index in [-0.39, 0.29) is 12.7 Å². The minimum Gasteiger partial charge on any atom is -0.442 e. The first-order valence-corrected chi connectivity index (χ1v) is 11.5. The van der Waals surface area contributed by atoms with Gasteiger partial charge in [0.2, 0.25) is 0 Å². The summed E-state index contributed by atoms with van der Waals surface area (Å²) in [5, 5.41) is 6.85. The second kappa shape index (κ2) is 10.3. The minimum atomic E-state index is -0.377. The van der Waals surface area contributed by atoms with Gasteiger partial charge in [0.1, 0.15) is 23.3 Å². The molecular weight excluding hydrogens is 410 g/mol. The average molecular weight is 438 g/mol. The molecule has 0 atom stereocenters. The van der Waals surface area contributed by atoms with Crippen LogP contribution in [0.4, 0.5) is 16.4 Å². The molecule has 0 bridgehead atoms. The highest BCUT2D eigenvalue weighted by Gasteiger charge is 2.15. The van der Waals surface area contributed by atoms with E-state index >= 15 is 0 Å². The lowest BCUT2D eigenvalue weighted by Crippen LogP contribution is -2.30. The summed E-state index contributed by atoms with van der Waals surface area (Å²) in [5.41, 5.74) is 1.94. The normalized spacial score (nSPS) is 14.2. The zero-order valence-electron chi connectivity index (χ0n) is 17.6. The van der Waals surface area contributed by atoms with E-state index < -0.39 is 0 Å². The van der Waals surface area contributed by atoms with Gasteiger partial charge >= 0.3 is 6.09 Å². The van der Waals surface area contributed by atoms with Crippen LogP contribution in [0.1, 0.15) is 42.7 Å². The molecule has 3 aromatic rings. The quantitative estimate of drug-likeness (QED) is 0.510. The molecule has 0 aliphatic heterocycles. The Bertz CT molecular complexity index is 1020. The van der Waals surface area contributed by atoms with Gasteiger partial charge in [0.25, 0.3) is 0 Å². The van der Waals surface area contributed by atoms with Gasteiger partial charge in [-0.2, -0.15) is 0 Å². The van der Waals surface area contributed by atoms with E-state index in [0.29, 0.717) is 18.3 Å². The maximum atomic E-state index is 12.0. The fourth-order valence-electron chi connectivity index (χ4n) is 3.67. The highest BCUT2D eigenvalue weighted by Crippen LogP contribution is 2.27. The molecule has 2 N–H and O–H groups in total. The highest BCUT2D eigenvalue weighted by atomic mass is 32.1. The highest BCUT2D eigenvalue weighted by molar-refractivity contribution is 7.15. The van der Waals surface area contributed by atoms with Crippen LogP contribution in [-0.2, 0) is 11.3 Å². The lowest BCUT2D eigenvalue weighted by Gasteiger charge is -2.21. The minimum absolute atomic E-state index is 0.159. The van der Waals surface area contributed by atoms with E-state index in [1.54, 1.807) is 12.4 Å². The number of nitrogens with one attached hydrogen (secondary N) is 2. The van der Waals surface area contributed by atoms with Gasteiger partial charge in [0, 0.05) is 18.9 Å². The number of nitrogens with zero attached hydrogens (tertiary/aromatic N) is 3. The molecule has 7 nitrogen and oxygen atoms in total. The molecule has 162 valence electrons. The Hall–Kier alpha value is -3.00. The Kier molecular flexibility index (Phi) is 7.09. The number of carbonyl (C=O) groups excluding carboxylic acids is 1.